The molecule has 24 heteroatoms. The van der Waals surface area contributed by atoms with Crippen LogP contribution in [0.25, 0.3) is 0 Å². The highest BCUT2D eigenvalue weighted by Crippen LogP contribution is 2.16. The highest BCUT2D eigenvalue weighted by Gasteiger charge is 2.28. The van der Waals surface area contributed by atoms with Gasteiger partial charge in [0.25, 0.3) is 15.3 Å². The summed E-state index contributed by atoms with van der Waals surface area (Å²) >= 11 is 0. The highest BCUT2D eigenvalue weighted by molar-refractivity contribution is 5.86. The van der Waals surface area contributed by atoms with Gasteiger partial charge in [-0.05, 0) is 83.4 Å². The van der Waals surface area contributed by atoms with Crippen molar-refractivity contribution in [1.29, 1.82) is 0 Å². The first-order chi connectivity index (χ1) is 27.5. The predicted octanol–water partition coefficient (Wildman–Crippen LogP) is 2.48. The third-order valence-corrected chi connectivity index (χ3v) is 7.54. The lowest BCUT2D eigenvalue weighted by Gasteiger charge is -2.20. The number of carbonyl (C=O) groups excluding carboxylic acids is 6. The quantitative estimate of drug-likeness (QED) is 0.0280. The van der Waals surface area contributed by atoms with E-state index in [9.17, 15) is 59.1 Å². The van der Waals surface area contributed by atoms with Crippen LogP contribution >= 0.6 is 0 Å². The van der Waals surface area contributed by atoms with Crippen LogP contribution in [0.2, 0.25) is 0 Å². The van der Waals surface area contributed by atoms with Crippen LogP contribution < -0.4 is 10.1 Å². The van der Waals surface area contributed by atoms with Gasteiger partial charge in [-0.1, -0.05) is 18.6 Å². The average molecular weight is 833 g/mol. The first-order valence-electron chi connectivity index (χ1n) is 18.2. The van der Waals surface area contributed by atoms with Crippen molar-refractivity contribution < 1.29 is 82.2 Å². The van der Waals surface area contributed by atoms with Gasteiger partial charge in [0.2, 0.25) is 12.0 Å². The van der Waals surface area contributed by atoms with Crippen molar-refractivity contribution >= 4 is 35.8 Å². The van der Waals surface area contributed by atoms with Crippen LogP contribution in [0.15, 0.2) is 24.3 Å². The van der Waals surface area contributed by atoms with Crippen molar-refractivity contribution in [2.75, 3.05) is 26.4 Å². The van der Waals surface area contributed by atoms with Crippen LogP contribution in [0.1, 0.15) is 90.5 Å². The number of nitrogens with zero attached hydrogens (tertiary/aromatic N) is 3. The van der Waals surface area contributed by atoms with E-state index >= 15 is 0 Å². The van der Waals surface area contributed by atoms with Crippen LogP contribution in [-0.2, 0) is 68.6 Å². The molecule has 1 aromatic carbocycles. The van der Waals surface area contributed by atoms with E-state index in [-0.39, 0.29) is 51.4 Å². The minimum absolute atomic E-state index is 0.00190. The lowest BCUT2D eigenvalue weighted by Crippen LogP contribution is -2.45. The van der Waals surface area contributed by atoms with Crippen molar-refractivity contribution in [3.8, 4) is 5.75 Å². The number of unbranched alkanes of at least 4 members (excludes halogenated alkanes) is 5. The number of esters is 5. The summed E-state index contributed by atoms with van der Waals surface area (Å²) in [7, 11) is 0. The Morgan fingerprint density at radius 3 is 1.71 bits per heavy atom. The largest absolute Gasteiger partial charge is 0.466 e. The monoisotopic (exact) mass is 832 g/mol. The molecule has 0 saturated heterocycles. The second kappa shape index (κ2) is 28.1. The number of benzene rings is 1. The maximum Gasteiger partial charge on any atom is 0.352 e. The summed E-state index contributed by atoms with van der Waals surface area (Å²) in [4.78, 5) is 118. The van der Waals surface area contributed by atoms with Crippen molar-refractivity contribution in [2.24, 2.45) is 0 Å². The lowest BCUT2D eigenvalue weighted by molar-refractivity contribution is -0.764. The lowest BCUT2D eigenvalue weighted by atomic mass is 10.0. The fraction of sp³-hybridized carbons (Fsp3) is 0.647. The Kier molecular flexibility index (Phi) is 24.1. The third kappa shape index (κ3) is 23.5. The second-order valence-corrected chi connectivity index (χ2v) is 12.3. The summed E-state index contributed by atoms with van der Waals surface area (Å²) in [6, 6.07) is 4.32. The molecule has 0 bridgehead atoms. The molecule has 1 N–H and O–H groups in total. The molecular weight excluding hydrogens is 784 g/mol. The van der Waals surface area contributed by atoms with Crippen LogP contribution in [0.4, 0.5) is 0 Å². The van der Waals surface area contributed by atoms with E-state index < -0.39 is 75.4 Å². The van der Waals surface area contributed by atoms with Gasteiger partial charge in [-0.15, -0.1) is 30.3 Å². The second-order valence-electron chi connectivity index (χ2n) is 12.3. The van der Waals surface area contributed by atoms with Crippen LogP contribution in [0, 0.1) is 30.3 Å². The van der Waals surface area contributed by atoms with Crippen molar-refractivity contribution in [1.82, 2.24) is 5.32 Å². The van der Waals surface area contributed by atoms with E-state index in [1.807, 2.05) is 0 Å². The predicted molar refractivity (Wildman–Crippen MR) is 190 cm³/mol. The minimum atomic E-state index is -1.59. The normalized spacial score (nSPS) is 12.6. The van der Waals surface area contributed by atoms with Gasteiger partial charge in [0.1, 0.15) is 11.8 Å². The van der Waals surface area contributed by atoms with E-state index in [1.54, 1.807) is 0 Å². The third-order valence-electron chi connectivity index (χ3n) is 7.54. The van der Waals surface area contributed by atoms with Crippen molar-refractivity contribution in [3.05, 3.63) is 60.2 Å². The topological polar surface area (TPSA) is 318 Å². The summed E-state index contributed by atoms with van der Waals surface area (Å²) in [6.07, 6.45) is -1.34. The average Bonchev–Trinajstić information content (AvgIpc) is 3.15. The molecule has 0 aliphatic rings. The molecule has 4 atom stereocenters. The zero-order valence-corrected chi connectivity index (χ0v) is 32.2. The first kappa shape index (κ1) is 49.7. The molecule has 0 aliphatic carbocycles. The van der Waals surface area contributed by atoms with Crippen molar-refractivity contribution in [3.63, 3.8) is 0 Å². The van der Waals surface area contributed by atoms with Gasteiger partial charge in [-0.3, -0.25) is 14.4 Å². The molecule has 24 nitrogen and oxygen atoms in total. The Morgan fingerprint density at radius 1 is 0.586 bits per heavy atom. The number of rotatable bonds is 31. The van der Waals surface area contributed by atoms with Gasteiger partial charge < -0.3 is 38.7 Å². The van der Waals surface area contributed by atoms with E-state index in [2.05, 4.69) is 19.8 Å². The fourth-order valence-corrected chi connectivity index (χ4v) is 4.53. The molecule has 0 aromatic heterocycles. The molecule has 58 heavy (non-hydrogen) atoms. The van der Waals surface area contributed by atoms with Gasteiger partial charge >= 0.3 is 29.8 Å². The maximum atomic E-state index is 13.2. The summed E-state index contributed by atoms with van der Waals surface area (Å²) < 4.78 is 25.5. The SMILES string of the molecule is CC(OC(=O)C(Cc1ccc(OC(=O)C(C)OC(=O)C(C)O[N+](=O)[O-])cc1)NC(=O)CCCCCO[N+](=O)[O-])C(=O)OCCCCCC(=O)OCCCCO[N+](=O)[O-]. The molecule has 0 spiro atoms. The maximum absolute atomic E-state index is 13.2. The summed E-state index contributed by atoms with van der Waals surface area (Å²) in [6.45, 7) is 3.35. The van der Waals surface area contributed by atoms with Crippen LogP contribution in [-0.4, -0.2) is 102 Å². The number of carbonyl (C=O) groups is 6. The first-order valence-corrected chi connectivity index (χ1v) is 18.2. The molecule has 4 unspecified atom stereocenters. The molecule has 0 aliphatic heterocycles. The highest BCUT2D eigenvalue weighted by atomic mass is 17.0. The number of nitrogens with one attached hydrogen (secondary N) is 1. The van der Waals surface area contributed by atoms with Gasteiger partial charge in [0.05, 0.1) is 26.4 Å². The van der Waals surface area contributed by atoms with E-state index in [0.717, 1.165) is 6.92 Å². The molecule has 0 radical (unpaired) electrons. The van der Waals surface area contributed by atoms with Crippen LogP contribution in [0.5, 0.6) is 5.75 Å². The van der Waals surface area contributed by atoms with E-state index in [1.165, 1.54) is 38.1 Å². The molecule has 0 fully saturated rings. The van der Waals surface area contributed by atoms with Crippen molar-refractivity contribution in [2.45, 2.75) is 116 Å². The fourth-order valence-electron chi connectivity index (χ4n) is 4.53. The smallest absolute Gasteiger partial charge is 0.352 e. The molecule has 0 saturated carbocycles. The van der Waals surface area contributed by atoms with Crippen LogP contribution in [0.3, 0.4) is 0 Å². The number of ether oxygens (including phenoxy) is 5. The van der Waals surface area contributed by atoms with Gasteiger partial charge in [0.15, 0.2) is 12.2 Å². The number of amides is 1. The summed E-state index contributed by atoms with van der Waals surface area (Å²) in [5.74, 6) is -5.01. The summed E-state index contributed by atoms with van der Waals surface area (Å²) in [5.41, 5.74) is 0.450. The Bertz CT molecular complexity index is 1520. The molecule has 324 valence electrons. The van der Waals surface area contributed by atoms with Gasteiger partial charge in [-0.25, -0.2) is 19.2 Å². The number of hydrogen-bond acceptors (Lipinski definition) is 20. The molecule has 1 aromatic rings. The Balaban J connectivity index is 2.71. The van der Waals surface area contributed by atoms with E-state index in [0.29, 0.717) is 56.9 Å². The molecular formula is C34H48N4O20. The Hall–Kier alpha value is -6.36. The van der Waals surface area contributed by atoms with Gasteiger partial charge in [0, 0.05) is 19.3 Å². The van der Waals surface area contributed by atoms with E-state index in [4.69, 9.17) is 23.7 Å². The Morgan fingerprint density at radius 2 is 1.10 bits per heavy atom. The zero-order valence-electron chi connectivity index (χ0n) is 32.2. The number of hydrogen-bond donors (Lipinski definition) is 1. The molecule has 1 amide bonds. The standard InChI is InChI=1S/C34H48N4O20/c1-23(31(41)52-19-8-5-7-13-30(40)51-18-10-11-21-54-37(47)48)56-34(44)28(35-29(39)12-6-4-9-20-53-36(45)46)22-26-14-16-27(17-15-26)57-32(42)24(2)55-33(43)25(3)58-38(49)50/h14-17,23-25,28H,4-13,18-22H2,1-3H3,(H,35,39). The molecule has 1 rings (SSSR count). The zero-order chi connectivity index (χ0) is 43.5. The Labute approximate surface area is 331 Å². The van der Waals surface area contributed by atoms with Gasteiger partial charge in [-0.2, -0.15) is 0 Å². The summed E-state index contributed by atoms with van der Waals surface area (Å²) in [5, 5.41) is 30.4. The molecule has 0 heterocycles. The minimum Gasteiger partial charge on any atom is -0.466 e.